The number of hydrogen-bond acceptors (Lipinski definition) is 4. The van der Waals surface area contributed by atoms with E-state index in [9.17, 15) is 4.79 Å². The van der Waals surface area contributed by atoms with Gasteiger partial charge in [0.25, 0.3) is 0 Å². The molecule has 19 heavy (non-hydrogen) atoms. The van der Waals surface area contributed by atoms with Crippen LogP contribution >= 0.6 is 27.5 Å². The SMILES string of the molecule is COC(=O)C(NCCN(C)C)c1ccc(Br)cc1Cl. The van der Waals surface area contributed by atoms with E-state index in [0.29, 0.717) is 11.6 Å². The number of nitrogens with one attached hydrogen (secondary N) is 1. The first-order chi connectivity index (χ1) is 8.95. The monoisotopic (exact) mass is 348 g/mol. The molecule has 1 unspecified atom stereocenters. The minimum atomic E-state index is -0.550. The molecule has 0 saturated carbocycles. The van der Waals surface area contributed by atoms with Crippen LogP contribution in [0.2, 0.25) is 5.02 Å². The van der Waals surface area contributed by atoms with Crippen LogP contribution in [0.15, 0.2) is 22.7 Å². The van der Waals surface area contributed by atoms with Crippen LogP contribution in [0.5, 0.6) is 0 Å². The maximum Gasteiger partial charge on any atom is 0.327 e. The number of rotatable bonds is 6. The predicted molar refractivity (Wildman–Crippen MR) is 80.5 cm³/mol. The topological polar surface area (TPSA) is 41.6 Å². The van der Waals surface area contributed by atoms with Crippen molar-refractivity contribution in [1.29, 1.82) is 0 Å². The standard InChI is InChI=1S/C13H18BrClN2O2/c1-17(2)7-6-16-12(13(18)19-3)10-5-4-9(14)8-11(10)15/h4-5,8,12,16H,6-7H2,1-3H3. The molecule has 0 bridgehead atoms. The third kappa shape index (κ3) is 5.10. The van der Waals surface area contributed by atoms with Crippen LogP contribution in [0.4, 0.5) is 0 Å². The normalized spacial score (nSPS) is 12.5. The maximum absolute atomic E-state index is 11.9. The van der Waals surface area contributed by atoms with Gasteiger partial charge in [-0.25, -0.2) is 4.79 Å². The highest BCUT2D eigenvalue weighted by Crippen LogP contribution is 2.27. The van der Waals surface area contributed by atoms with Crippen molar-refractivity contribution >= 4 is 33.5 Å². The molecule has 0 aliphatic heterocycles. The Hall–Kier alpha value is -0.620. The Kier molecular flexibility index (Phi) is 6.79. The first-order valence-corrected chi connectivity index (χ1v) is 7.03. The van der Waals surface area contributed by atoms with Crippen LogP contribution in [-0.4, -0.2) is 45.2 Å². The fraction of sp³-hybridized carbons (Fsp3) is 0.462. The van der Waals surface area contributed by atoms with Gasteiger partial charge in [-0.05, 0) is 31.8 Å². The summed E-state index contributed by atoms with van der Waals surface area (Å²) in [5.74, 6) is -0.344. The van der Waals surface area contributed by atoms with E-state index in [-0.39, 0.29) is 5.97 Å². The Labute approximate surface area is 127 Å². The van der Waals surface area contributed by atoms with Gasteiger partial charge in [-0.1, -0.05) is 33.6 Å². The molecule has 0 aliphatic rings. The summed E-state index contributed by atoms with van der Waals surface area (Å²) in [4.78, 5) is 13.9. The number of carbonyl (C=O) groups is 1. The van der Waals surface area contributed by atoms with Crippen molar-refractivity contribution in [2.24, 2.45) is 0 Å². The molecule has 4 nitrogen and oxygen atoms in total. The van der Waals surface area contributed by atoms with Crippen molar-refractivity contribution in [2.75, 3.05) is 34.3 Å². The lowest BCUT2D eigenvalue weighted by molar-refractivity contribution is -0.143. The van der Waals surface area contributed by atoms with E-state index < -0.39 is 6.04 Å². The van der Waals surface area contributed by atoms with Crippen LogP contribution in [-0.2, 0) is 9.53 Å². The third-order valence-electron chi connectivity index (χ3n) is 2.62. The maximum atomic E-state index is 11.9. The molecule has 0 aliphatic carbocycles. The third-order valence-corrected chi connectivity index (χ3v) is 3.44. The van der Waals surface area contributed by atoms with E-state index in [2.05, 4.69) is 21.2 Å². The zero-order valence-electron chi connectivity index (χ0n) is 11.2. The van der Waals surface area contributed by atoms with Gasteiger partial charge in [0.2, 0.25) is 0 Å². The number of benzene rings is 1. The number of nitrogens with zero attached hydrogens (tertiary/aromatic N) is 1. The molecule has 1 N–H and O–H groups in total. The zero-order chi connectivity index (χ0) is 14.4. The number of carbonyl (C=O) groups excluding carboxylic acids is 1. The summed E-state index contributed by atoms with van der Waals surface area (Å²) in [6.45, 7) is 1.49. The Balaban J connectivity index is 2.87. The average Bonchev–Trinajstić information content (AvgIpc) is 2.34. The van der Waals surface area contributed by atoms with Crippen molar-refractivity contribution in [2.45, 2.75) is 6.04 Å². The molecule has 0 spiro atoms. The van der Waals surface area contributed by atoms with Gasteiger partial charge in [-0.2, -0.15) is 0 Å². The van der Waals surface area contributed by atoms with Crippen LogP contribution < -0.4 is 5.32 Å². The van der Waals surface area contributed by atoms with Crippen molar-refractivity contribution in [3.63, 3.8) is 0 Å². The Morgan fingerprint density at radius 3 is 2.74 bits per heavy atom. The number of hydrogen-bond donors (Lipinski definition) is 1. The fourth-order valence-corrected chi connectivity index (χ4v) is 2.39. The highest BCUT2D eigenvalue weighted by atomic mass is 79.9. The zero-order valence-corrected chi connectivity index (χ0v) is 13.6. The van der Waals surface area contributed by atoms with Crippen molar-refractivity contribution in [1.82, 2.24) is 10.2 Å². The van der Waals surface area contributed by atoms with E-state index in [4.69, 9.17) is 16.3 Å². The quantitative estimate of drug-likeness (QED) is 0.801. The van der Waals surface area contributed by atoms with Gasteiger partial charge < -0.3 is 9.64 Å². The number of ether oxygens (including phenoxy) is 1. The molecule has 0 amide bonds. The lowest BCUT2D eigenvalue weighted by atomic mass is 10.1. The lowest BCUT2D eigenvalue weighted by Crippen LogP contribution is -2.34. The Morgan fingerprint density at radius 1 is 1.53 bits per heavy atom. The van der Waals surface area contributed by atoms with Gasteiger partial charge in [0.05, 0.1) is 7.11 Å². The molecule has 0 aromatic heterocycles. The molecule has 0 saturated heterocycles. The Bertz CT molecular complexity index is 441. The van der Waals surface area contributed by atoms with E-state index in [1.165, 1.54) is 7.11 Å². The van der Waals surface area contributed by atoms with Crippen LogP contribution in [0.1, 0.15) is 11.6 Å². The number of methoxy groups -OCH3 is 1. The molecular formula is C13H18BrClN2O2. The highest BCUT2D eigenvalue weighted by Gasteiger charge is 2.23. The van der Waals surface area contributed by atoms with Gasteiger partial charge in [0, 0.05) is 22.6 Å². The molecule has 1 atom stereocenters. The van der Waals surface area contributed by atoms with E-state index >= 15 is 0 Å². The number of esters is 1. The first-order valence-electron chi connectivity index (χ1n) is 5.86. The summed E-state index contributed by atoms with van der Waals surface area (Å²) in [6, 6.07) is 4.88. The second-order valence-electron chi connectivity index (χ2n) is 4.38. The van der Waals surface area contributed by atoms with Crippen molar-refractivity contribution < 1.29 is 9.53 Å². The molecule has 0 radical (unpaired) electrons. The summed E-state index contributed by atoms with van der Waals surface area (Å²) >= 11 is 9.52. The molecule has 106 valence electrons. The Morgan fingerprint density at radius 2 is 2.21 bits per heavy atom. The minimum Gasteiger partial charge on any atom is -0.468 e. The number of halogens is 2. The molecule has 0 fully saturated rings. The summed E-state index contributed by atoms with van der Waals surface area (Å²) in [5.41, 5.74) is 0.718. The molecule has 1 aromatic rings. The predicted octanol–water partition coefficient (Wildman–Crippen LogP) is 2.47. The van der Waals surface area contributed by atoms with Crippen LogP contribution in [0, 0.1) is 0 Å². The summed E-state index contributed by atoms with van der Waals surface area (Å²) in [5, 5.41) is 3.69. The average molecular weight is 350 g/mol. The van der Waals surface area contributed by atoms with E-state index in [1.807, 2.05) is 31.1 Å². The molecular weight excluding hydrogens is 332 g/mol. The lowest BCUT2D eigenvalue weighted by Gasteiger charge is -2.19. The first kappa shape index (κ1) is 16.4. The second-order valence-corrected chi connectivity index (χ2v) is 5.70. The van der Waals surface area contributed by atoms with E-state index in [0.717, 1.165) is 16.6 Å². The van der Waals surface area contributed by atoms with Crippen molar-refractivity contribution in [3.05, 3.63) is 33.3 Å². The molecule has 6 heteroatoms. The summed E-state index contributed by atoms with van der Waals surface area (Å²) in [6.07, 6.45) is 0. The van der Waals surface area contributed by atoms with Gasteiger partial charge in [0.15, 0.2) is 0 Å². The number of likely N-dealkylation sites (N-methyl/N-ethyl adjacent to an activating group) is 1. The largest absolute Gasteiger partial charge is 0.468 e. The van der Waals surface area contributed by atoms with Crippen LogP contribution in [0.3, 0.4) is 0 Å². The van der Waals surface area contributed by atoms with E-state index in [1.54, 1.807) is 6.07 Å². The van der Waals surface area contributed by atoms with Crippen molar-refractivity contribution in [3.8, 4) is 0 Å². The second kappa shape index (κ2) is 7.85. The molecule has 1 aromatic carbocycles. The summed E-state index contributed by atoms with van der Waals surface area (Å²) in [7, 11) is 5.32. The minimum absolute atomic E-state index is 0.344. The van der Waals surface area contributed by atoms with Gasteiger partial charge >= 0.3 is 5.97 Å². The summed E-state index contributed by atoms with van der Waals surface area (Å²) < 4.78 is 5.70. The fourth-order valence-electron chi connectivity index (χ4n) is 1.61. The smallest absolute Gasteiger partial charge is 0.327 e. The van der Waals surface area contributed by atoms with Gasteiger partial charge in [-0.15, -0.1) is 0 Å². The molecule has 1 rings (SSSR count). The highest BCUT2D eigenvalue weighted by molar-refractivity contribution is 9.10. The van der Waals surface area contributed by atoms with Gasteiger partial charge in [-0.3, -0.25) is 5.32 Å². The molecule has 0 heterocycles. The van der Waals surface area contributed by atoms with Gasteiger partial charge in [0.1, 0.15) is 6.04 Å². The van der Waals surface area contributed by atoms with Crippen LogP contribution in [0.25, 0.3) is 0 Å².